The number of H-pyrrole nitrogens is 1. The van der Waals surface area contributed by atoms with E-state index in [0.717, 1.165) is 22.3 Å². The van der Waals surface area contributed by atoms with Crippen LogP contribution in [0.4, 0.5) is 0 Å². The second-order valence-corrected chi connectivity index (χ2v) is 10.1. The van der Waals surface area contributed by atoms with Crippen molar-refractivity contribution >= 4 is 26.8 Å². The SMILES string of the molecule is Cc1cc(C)n(-c2cccc(S(=O)(=O)c3ccc(CNC(=O)c4cnc5[nH]ncc5c4)cc3)c2)n1. The Balaban J connectivity index is 1.31. The predicted octanol–water partition coefficient (Wildman–Crippen LogP) is 3.52. The van der Waals surface area contributed by atoms with E-state index in [1.807, 2.05) is 26.0 Å². The molecule has 0 unspecified atom stereocenters. The number of benzene rings is 2. The van der Waals surface area contributed by atoms with Crippen molar-refractivity contribution < 1.29 is 13.2 Å². The molecule has 0 radical (unpaired) electrons. The van der Waals surface area contributed by atoms with E-state index in [4.69, 9.17) is 0 Å². The van der Waals surface area contributed by atoms with Gasteiger partial charge in [0.2, 0.25) is 9.84 Å². The highest BCUT2D eigenvalue weighted by molar-refractivity contribution is 7.91. The Morgan fingerprint density at radius 2 is 1.80 bits per heavy atom. The van der Waals surface area contributed by atoms with Gasteiger partial charge in [-0.05, 0) is 61.9 Å². The molecule has 0 aliphatic carbocycles. The molecule has 35 heavy (non-hydrogen) atoms. The van der Waals surface area contributed by atoms with Crippen LogP contribution < -0.4 is 5.32 Å². The highest BCUT2D eigenvalue weighted by Crippen LogP contribution is 2.24. The average molecular weight is 487 g/mol. The topological polar surface area (TPSA) is 123 Å². The zero-order chi connectivity index (χ0) is 24.6. The lowest BCUT2D eigenvalue weighted by atomic mass is 10.2. The third-order valence-electron chi connectivity index (χ3n) is 5.62. The van der Waals surface area contributed by atoms with E-state index in [-0.39, 0.29) is 22.2 Å². The molecule has 5 rings (SSSR count). The Bertz CT molecular complexity index is 1650. The minimum absolute atomic E-state index is 0.174. The van der Waals surface area contributed by atoms with Gasteiger partial charge in [-0.2, -0.15) is 10.2 Å². The molecule has 0 aliphatic heterocycles. The number of amides is 1. The number of aromatic nitrogens is 5. The molecule has 10 heteroatoms. The molecule has 2 N–H and O–H groups in total. The van der Waals surface area contributed by atoms with Crippen LogP contribution in [0.25, 0.3) is 16.7 Å². The van der Waals surface area contributed by atoms with Crippen LogP contribution in [0, 0.1) is 13.8 Å². The van der Waals surface area contributed by atoms with Gasteiger partial charge in [0, 0.05) is 23.8 Å². The first-order chi connectivity index (χ1) is 16.8. The summed E-state index contributed by atoms with van der Waals surface area (Å²) in [4.78, 5) is 17.0. The summed E-state index contributed by atoms with van der Waals surface area (Å²) < 4.78 is 28.2. The molecule has 3 heterocycles. The number of pyridine rings is 1. The summed E-state index contributed by atoms with van der Waals surface area (Å²) >= 11 is 0. The lowest BCUT2D eigenvalue weighted by Crippen LogP contribution is -2.22. The first-order valence-corrected chi connectivity index (χ1v) is 12.3. The zero-order valence-corrected chi connectivity index (χ0v) is 19.9. The number of carbonyl (C=O) groups excluding carboxylic acids is 1. The maximum Gasteiger partial charge on any atom is 0.253 e. The molecule has 0 aliphatic rings. The number of hydrogen-bond acceptors (Lipinski definition) is 6. The van der Waals surface area contributed by atoms with Gasteiger partial charge < -0.3 is 5.32 Å². The molecule has 5 aromatic rings. The van der Waals surface area contributed by atoms with Crippen LogP contribution in [0.2, 0.25) is 0 Å². The summed E-state index contributed by atoms with van der Waals surface area (Å²) in [5.74, 6) is -0.279. The third-order valence-corrected chi connectivity index (χ3v) is 7.39. The number of aromatic amines is 1. The molecule has 0 saturated heterocycles. The van der Waals surface area contributed by atoms with E-state index in [0.29, 0.717) is 16.9 Å². The van der Waals surface area contributed by atoms with Crippen LogP contribution in [-0.2, 0) is 16.4 Å². The number of nitrogens with zero attached hydrogens (tertiary/aromatic N) is 4. The van der Waals surface area contributed by atoms with Gasteiger partial charge in [0.25, 0.3) is 5.91 Å². The molecule has 1 amide bonds. The fourth-order valence-corrected chi connectivity index (χ4v) is 5.14. The molecule has 176 valence electrons. The summed E-state index contributed by atoms with van der Waals surface area (Å²) in [6.07, 6.45) is 3.08. The largest absolute Gasteiger partial charge is 0.348 e. The lowest BCUT2D eigenvalue weighted by molar-refractivity contribution is 0.0950. The number of hydrogen-bond donors (Lipinski definition) is 2. The Morgan fingerprint density at radius 3 is 2.54 bits per heavy atom. The number of rotatable bonds is 6. The van der Waals surface area contributed by atoms with Crippen LogP contribution in [0.3, 0.4) is 0 Å². The van der Waals surface area contributed by atoms with Crippen LogP contribution >= 0.6 is 0 Å². The molecule has 0 bridgehead atoms. The molecule has 0 fully saturated rings. The molecule has 0 spiro atoms. The van der Waals surface area contributed by atoms with Crippen molar-refractivity contribution in [2.24, 2.45) is 0 Å². The van der Waals surface area contributed by atoms with Gasteiger partial charge in [-0.15, -0.1) is 0 Å². The number of fused-ring (bicyclic) bond motifs is 1. The Labute approximate surface area is 201 Å². The molecular formula is C25H22N6O3S. The molecule has 0 saturated carbocycles. The van der Waals surface area contributed by atoms with E-state index in [2.05, 4.69) is 25.6 Å². The van der Waals surface area contributed by atoms with Gasteiger partial charge in [0.1, 0.15) is 0 Å². The fourth-order valence-electron chi connectivity index (χ4n) is 3.84. The van der Waals surface area contributed by atoms with E-state index >= 15 is 0 Å². The van der Waals surface area contributed by atoms with E-state index in [1.54, 1.807) is 59.4 Å². The lowest BCUT2D eigenvalue weighted by Gasteiger charge is -2.10. The quantitative estimate of drug-likeness (QED) is 0.379. The maximum atomic E-state index is 13.2. The highest BCUT2D eigenvalue weighted by atomic mass is 32.2. The number of aryl methyl sites for hydroxylation is 2. The van der Waals surface area contributed by atoms with Gasteiger partial charge in [-0.3, -0.25) is 9.89 Å². The smallest absolute Gasteiger partial charge is 0.253 e. The van der Waals surface area contributed by atoms with Crippen molar-refractivity contribution in [3.63, 3.8) is 0 Å². The monoisotopic (exact) mass is 486 g/mol. The molecule has 2 aromatic carbocycles. The summed E-state index contributed by atoms with van der Waals surface area (Å²) in [5, 5.41) is 14.6. The van der Waals surface area contributed by atoms with Crippen LogP contribution in [0.1, 0.15) is 27.3 Å². The molecule has 3 aromatic heterocycles. The summed E-state index contributed by atoms with van der Waals surface area (Å²) in [6.45, 7) is 4.06. The van der Waals surface area contributed by atoms with Crippen molar-refractivity contribution in [1.29, 1.82) is 0 Å². The van der Waals surface area contributed by atoms with Gasteiger partial charge in [0.05, 0.1) is 32.9 Å². The maximum absolute atomic E-state index is 13.2. The second-order valence-electron chi connectivity index (χ2n) is 8.20. The van der Waals surface area contributed by atoms with Gasteiger partial charge >= 0.3 is 0 Å². The van der Waals surface area contributed by atoms with Crippen molar-refractivity contribution in [3.8, 4) is 5.69 Å². The van der Waals surface area contributed by atoms with Crippen molar-refractivity contribution in [3.05, 3.63) is 95.6 Å². The highest BCUT2D eigenvalue weighted by Gasteiger charge is 2.19. The fraction of sp³-hybridized carbons (Fsp3) is 0.120. The Hall–Kier alpha value is -4.31. The Morgan fingerprint density at radius 1 is 1.00 bits per heavy atom. The van der Waals surface area contributed by atoms with E-state index < -0.39 is 9.84 Å². The first-order valence-electron chi connectivity index (χ1n) is 10.9. The molecular weight excluding hydrogens is 464 g/mol. The minimum atomic E-state index is -3.73. The van der Waals surface area contributed by atoms with Crippen molar-refractivity contribution in [2.45, 2.75) is 30.2 Å². The zero-order valence-electron chi connectivity index (χ0n) is 19.1. The van der Waals surface area contributed by atoms with Crippen LogP contribution in [-0.4, -0.2) is 39.3 Å². The summed E-state index contributed by atoms with van der Waals surface area (Å²) in [6, 6.07) is 16.8. The first kappa shape index (κ1) is 22.5. The summed E-state index contributed by atoms with van der Waals surface area (Å²) in [7, 11) is -3.73. The number of carbonyl (C=O) groups is 1. The number of sulfone groups is 1. The average Bonchev–Trinajstić information content (AvgIpc) is 3.47. The minimum Gasteiger partial charge on any atom is -0.348 e. The second kappa shape index (κ2) is 8.80. The van der Waals surface area contributed by atoms with Crippen LogP contribution in [0.5, 0.6) is 0 Å². The van der Waals surface area contributed by atoms with Crippen LogP contribution in [0.15, 0.2) is 82.8 Å². The third kappa shape index (κ3) is 4.43. The van der Waals surface area contributed by atoms with Gasteiger partial charge in [-0.1, -0.05) is 18.2 Å². The normalized spacial score (nSPS) is 11.6. The standard InChI is InChI=1S/C25H22N6O3S/c1-16-10-17(2)31(30-16)21-4-3-5-23(12-21)35(33,34)22-8-6-18(7-9-22)13-27-25(32)20-11-19-15-28-29-24(19)26-14-20/h3-12,14-15H,13H2,1-2H3,(H,27,32)(H,26,28,29). The predicted molar refractivity (Wildman–Crippen MR) is 130 cm³/mol. The van der Waals surface area contributed by atoms with E-state index in [1.165, 1.54) is 6.20 Å². The van der Waals surface area contributed by atoms with E-state index in [9.17, 15) is 13.2 Å². The van der Waals surface area contributed by atoms with Crippen molar-refractivity contribution in [2.75, 3.05) is 0 Å². The molecule has 0 atom stereocenters. The summed E-state index contributed by atoms with van der Waals surface area (Å²) in [5.41, 5.74) is 4.25. The Kier molecular flexibility index (Phi) is 5.65. The number of nitrogens with one attached hydrogen (secondary N) is 2. The van der Waals surface area contributed by atoms with Gasteiger partial charge in [-0.25, -0.2) is 18.1 Å². The van der Waals surface area contributed by atoms with Crippen molar-refractivity contribution in [1.82, 2.24) is 30.3 Å². The molecule has 9 nitrogen and oxygen atoms in total. The van der Waals surface area contributed by atoms with Gasteiger partial charge in [0.15, 0.2) is 5.65 Å².